The number of amides is 1. The monoisotopic (exact) mass is 528 g/mol. The lowest BCUT2D eigenvalue weighted by atomic mass is 10.1. The fraction of sp³-hybridized carbons (Fsp3) is 0.238. The van der Waals surface area contributed by atoms with Gasteiger partial charge in [0.2, 0.25) is 15.9 Å². The van der Waals surface area contributed by atoms with E-state index in [0.717, 1.165) is 20.7 Å². The molecule has 12 heteroatoms. The number of hydrogen-bond acceptors (Lipinski definition) is 7. The van der Waals surface area contributed by atoms with Crippen LogP contribution in [0.2, 0.25) is 10.0 Å². The summed E-state index contributed by atoms with van der Waals surface area (Å²) in [6.07, 6.45) is 0. The van der Waals surface area contributed by atoms with Crippen molar-refractivity contribution in [3.05, 3.63) is 51.8 Å². The summed E-state index contributed by atoms with van der Waals surface area (Å²) < 4.78 is 32.5. The van der Waals surface area contributed by atoms with Gasteiger partial charge in [0.05, 0.1) is 30.1 Å². The third kappa shape index (κ3) is 5.77. The van der Waals surface area contributed by atoms with Crippen LogP contribution in [0, 0.1) is 0 Å². The van der Waals surface area contributed by atoms with Gasteiger partial charge in [-0.3, -0.25) is 4.79 Å². The normalized spacial score (nSPS) is 11.5. The molecule has 0 atom stereocenters. The molecule has 0 saturated heterocycles. The number of hydrogen-bond donors (Lipinski definition) is 2. The summed E-state index contributed by atoms with van der Waals surface area (Å²) in [6.45, 7) is 1.27. The molecule has 0 fully saturated rings. The van der Waals surface area contributed by atoms with Gasteiger partial charge in [0.15, 0.2) is 5.13 Å². The Bertz CT molecular complexity index is 1260. The molecule has 1 amide bonds. The maximum atomic E-state index is 13.1. The number of nitrogens with zero attached hydrogens (tertiary/aromatic N) is 2. The number of thiazole rings is 1. The molecule has 3 rings (SSSR count). The lowest BCUT2D eigenvalue weighted by molar-refractivity contribution is -0.116. The number of likely N-dealkylation sites (N-methyl/N-ethyl adjacent to an activating group) is 1. The molecule has 8 nitrogen and oxygen atoms in total. The molecule has 0 aliphatic heterocycles. The number of carbonyl (C=O) groups is 1. The van der Waals surface area contributed by atoms with Crippen LogP contribution >= 0.6 is 34.5 Å². The third-order valence-electron chi connectivity index (χ3n) is 4.67. The van der Waals surface area contributed by atoms with Gasteiger partial charge in [0, 0.05) is 29.6 Å². The van der Waals surface area contributed by atoms with E-state index in [2.05, 4.69) is 15.6 Å². The number of benzene rings is 2. The Labute approximate surface area is 206 Å². The molecule has 2 N–H and O–H groups in total. The molecule has 2 aromatic carbocycles. The van der Waals surface area contributed by atoms with Crippen molar-refractivity contribution in [3.63, 3.8) is 0 Å². The summed E-state index contributed by atoms with van der Waals surface area (Å²) in [5, 5.41) is 8.62. The number of sulfonamides is 1. The second-order valence-corrected chi connectivity index (χ2v) is 10.4. The van der Waals surface area contributed by atoms with E-state index in [9.17, 15) is 13.2 Å². The van der Waals surface area contributed by atoms with Gasteiger partial charge in [-0.05, 0) is 36.4 Å². The van der Waals surface area contributed by atoms with Crippen LogP contribution in [0.25, 0.3) is 11.3 Å². The van der Waals surface area contributed by atoms with Gasteiger partial charge < -0.3 is 15.4 Å². The minimum atomic E-state index is -4.05. The first-order chi connectivity index (χ1) is 15.7. The Hall–Kier alpha value is -2.37. The predicted molar refractivity (Wildman–Crippen MR) is 133 cm³/mol. The van der Waals surface area contributed by atoms with Gasteiger partial charge >= 0.3 is 0 Å². The summed E-state index contributed by atoms with van der Waals surface area (Å²) in [4.78, 5) is 17.1. The highest BCUT2D eigenvalue weighted by Crippen LogP contribution is 2.32. The van der Waals surface area contributed by atoms with Gasteiger partial charge in [-0.1, -0.05) is 30.1 Å². The molecule has 0 spiro atoms. The summed E-state index contributed by atoms with van der Waals surface area (Å²) in [5.41, 5.74) is 1.90. The van der Waals surface area contributed by atoms with Gasteiger partial charge in [-0.25, -0.2) is 13.4 Å². The second kappa shape index (κ2) is 10.7. The Kier molecular flexibility index (Phi) is 8.19. The van der Waals surface area contributed by atoms with Crippen LogP contribution in [-0.4, -0.2) is 50.9 Å². The molecule has 0 unspecified atom stereocenters. The van der Waals surface area contributed by atoms with Crippen molar-refractivity contribution in [2.75, 3.05) is 37.9 Å². The molecule has 0 saturated carbocycles. The zero-order valence-electron chi connectivity index (χ0n) is 18.1. The first-order valence-electron chi connectivity index (χ1n) is 9.76. The number of halogens is 2. The molecule has 0 radical (unpaired) electrons. The molecule has 0 bridgehead atoms. The minimum Gasteiger partial charge on any atom is -0.495 e. The quantitative estimate of drug-likeness (QED) is 0.413. The van der Waals surface area contributed by atoms with Crippen LogP contribution in [0.3, 0.4) is 0 Å². The van der Waals surface area contributed by atoms with Crippen LogP contribution in [-0.2, 0) is 14.8 Å². The zero-order chi connectivity index (χ0) is 24.2. The largest absolute Gasteiger partial charge is 0.495 e. The fourth-order valence-electron chi connectivity index (χ4n) is 3.02. The number of anilines is 2. The van der Waals surface area contributed by atoms with Crippen molar-refractivity contribution in [1.82, 2.24) is 9.29 Å². The fourth-order valence-corrected chi connectivity index (χ4v) is 5.84. The molecule has 33 heavy (non-hydrogen) atoms. The van der Waals surface area contributed by atoms with E-state index in [1.165, 1.54) is 36.6 Å². The molecule has 1 heterocycles. The molecular formula is C21H22Cl2N4O4S2. The number of methoxy groups -OCH3 is 1. The van der Waals surface area contributed by atoms with Crippen molar-refractivity contribution < 1.29 is 17.9 Å². The number of rotatable bonds is 9. The van der Waals surface area contributed by atoms with E-state index < -0.39 is 22.5 Å². The topological polar surface area (TPSA) is 101 Å². The van der Waals surface area contributed by atoms with Crippen LogP contribution in [0.5, 0.6) is 5.75 Å². The molecule has 0 aliphatic carbocycles. The van der Waals surface area contributed by atoms with E-state index >= 15 is 0 Å². The van der Waals surface area contributed by atoms with E-state index in [4.69, 9.17) is 27.9 Å². The van der Waals surface area contributed by atoms with Crippen molar-refractivity contribution in [3.8, 4) is 17.0 Å². The predicted octanol–water partition coefficient (Wildman–Crippen LogP) is 4.82. The lowest BCUT2D eigenvalue weighted by Crippen LogP contribution is -2.38. The van der Waals surface area contributed by atoms with Gasteiger partial charge in [-0.2, -0.15) is 4.31 Å². The Morgan fingerprint density at radius 3 is 2.61 bits per heavy atom. The number of nitrogens with one attached hydrogen (secondary N) is 2. The Balaban J connectivity index is 1.84. The number of aromatic nitrogens is 1. The summed E-state index contributed by atoms with van der Waals surface area (Å²) in [5.74, 6) is -0.108. The first kappa shape index (κ1) is 25.3. The zero-order valence-corrected chi connectivity index (χ0v) is 21.2. The molecule has 176 valence electrons. The summed E-state index contributed by atoms with van der Waals surface area (Å²) in [6, 6.07) is 9.42. The summed E-state index contributed by atoms with van der Waals surface area (Å²) >= 11 is 13.5. The Morgan fingerprint density at radius 1 is 1.21 bits per heavy atom. The maximum Gasteiger partial charge on any atom is 0.245 e. The van der Waals surface area contributed by atoms with E-state index in [-0.39, 0.29) is 21.5 Å². The standard InChI is InChI=1S/C21H22Cl2N4O4S2/c1-4-27(33(29,30)19-10-14(22)6-7-15(19)23)11-20(28)25-16-9-13(5-8-18(16)31-3)17-12-32-21(24-2)26-17/h5-10,12H,4,11H2,1-3H3,(H,24,26)(H,25,28). The van der Waals surface area contributed by atoms with Crippen LogP contribution < -0.4 is 15.4 Å². The van der Waals surface area contributed by atoms with E-state index in [0.29, 0.717) is 11.4 Å². The van der Waals surface area contributed by atoms with Crippen LogP contribution in [0.1, 0.15) is 6.92 Å². The summed E-state index contributed by atoms with van der Waals surface area (Å²) in [7, 11) is -0.783. The highest BCUT2D eigenvalue weighted by Gasteiger charge is 2.28. The molecule has 1 aromatic heterocycles. The average molecular weight is 529 g/mol. The number of ether oxygens (including phenoxy) is 1. The maximum absolute atomic E-state index is 13.1. The van der Waals surface area contributed by atoms with Crippen molar-refractivity contribution >= 4 is 61.3 Å². The molecular weight excluding hydrogens is 507 g/mol. The lowest BCUT2D eigenvalue weighted by Gasteiger charge is -2.21. The SMILES string of the molecule is CCN(CC(=O)Nc1cc(-c2csc(NC)n2)ccc1OC)S(=O)(=O)c1cc(Cl)ccc1Cl. The van der Waals surface area contributed by atoms with Crippen molar-refractivity contribution in [1.29, 1.82) is 0 Å². The van der Waals surface area contributed by atoms with Gasteiger partial charge in [-0.15, -0.1) is 11.3 Å². The van der Waals surface area contributed by atoms with Crippen molar-refractivity contribution in [2.24, 2.45) is 0 Å². The van der Waals surface area contributed by atoms with Crippen LogP contribution in [0.15, 0.2) is 46.7 Å². The number of carbonyl (C=O) groups excluding carboxylic acids is 1. The van der Waals surface area contributed by atoms with Crippen LogP contribution in [0.4, 0.5) is 10.8 Å². The molecule has 3 aromatic rings. The smallest absolute Gasteiger partial charge is 0.245 e. The minimum absolute atomic E-state index is 0.0248. The highest BCUT2D eigenvalue weighted by molar-refractivity contribution is 7.89. The van der Waals surface area contributed by atoms with Gasteiger partial charge in [0.1, 0.15) is 10.6 Å². The van der Waals surface area contributed by atoms with Crippen molar-refractivity contribution in [2.45, 2.75) is 11.8 Å². The second-order valence-electron chi connectivity index (χ2n) is 6.76. The average Bonchev–Trinajstić information content (AvgIpc) is 3.28. The molecule has 0 aliphatic rings. The third-order valence-corrected chi connectivity index (χ3v) is 8.17. The van der Waals surface area contributed by atoms with Gasteiger partial charge in [0.25, 0.3) is 0 Å². The van der Waals surface area contributed by atoms with E-state index in [1.54, 1.807) is 26.1 Å². The first-order valence-corrected chi connectivity index (χ1v) is 12.8. The Morgan fingerprint density at radius 2 is 1.97 bits per heavy atom. The van der Waals surface area contributed by atoms with E-state index in [1.807, 2.05) is 11.4 Å². The highest BCUT2D eigenvalue weighted by atomic mass is 35.5.